The normalized spacial score (nSPS) is 16.9. The van der Waals surface area contributed by atoms with E-state index in [1.54, 1.807) is 13.2 Å². The fraction of sp³-hybridized carbons (Fsp3) is 0.312. The average molecular weight is 298 g/mol. The number of hydrogen-bond acceptors (Lipinski definition) is 5. The molecule has 6 nitrogen and oxygen atoms in total. The molecule has 114 valence electrons. The van der Waals surface area contributed by atoms with Crippen molar-refractivity contribution in [3.63, 3.8) is 0 Å². The van der Waals surface area contributed by atoms with Crippen molar-refractivity contribution in [1.29, 1.82) is 0 Å². The zero-order chi connectivity index (χ0) is 15.4. The van der Waals surface area contributed by atoms with Crippen LogP contribution in [0.4, 0.5) is 5.82 Å². The predicted molar refractivity (Wildman–Crippen MR) is 83.0 cm³/mol. The Labute approximate surface area is 128 Å². The fourth-order valence-corrected chi connectivity index (χ4v) is 2.48. The van der Waals surface area contributed by atoms with Crippen LogP contribution >= 0.6 is 0 Å². The minimum atomic E-state index is -0.225. The third-order valence-corrected chi connectivity index (χ3v) is 3.64. The van der Waals surface area contributed by atoms with Gasteiger partial charge in [-0.05, 0) is 18.9 Å². The summed E-state index contributed by atoms with van der Waals surface area (Å²) in [4.78, 5) is 20.6. The maximum atomic E-state index is 12.4. The molecule has 1 atom stereocenters. The lowest BCUT2D eigenvalue weighted by Crippen LogP contribution is -2.29. The van der Waals surface area contributed by atoms with Crippen LogP contribution in [0, 0.1) is 0 Å². The fourth-order valence-electron chi connectivity index (χ4n) is 2.48. The molecule has 3 rings (SSSR count). The molecular formula is C16H18N4O2. The van der Waals surface area contributed by atoms with E-state index in [1.165, 1.54) is 6.20 Å². The molecule has 1 aliphatic rings. The molecular weight excluding hydrogens is 280 g/mol. The van der Waals surface area contributed by atoms with E-state index in [0.717, 1.165) is 24.2 Å². The van der Waals surface area contributed by atoms with Gasteiger partial charge in [-0.3, -0.25) is 4.79 Å². The quantitative estimate of drug-likeness (QED) is 0.908. The Morgan fingerprint density at radius 1 is 1.27 bits per heavy atom. The second kappa shape index (κ2) is 6.43. The topological polar surface area (TPSA) is 76.1 Å². The van der Waals surface area contributed by atoms with E-state index in [9.17, 15) is 4.79 Å². The van der Waals surface area contributed by atoms with Crippen LogP contribution in [0.2, 0.25) is 0 Å². The lowest BCUT2D eigenvalue weighted by molar-refractivity contribution is 0.0929. The number of carbonyl (C=O) groups excluding carboxylic acids is 1. The zero-order valence-corrected chi connectivity index (χ0v) is 12.4. The highest BCUT2D eigenvalue weighted by atomic mass is 16.5. The van der Waals surface area contributed by atoms with E-state index in [1.807, 2.05) is 24.3 Å². The highest BCUT2D eigenvalue weighted by molar-refractivity contribution is 5.92. The summed E-state index contributed by atoms with van der Waals surface area (Å²) >= 11 is 0. The van der Waals surface area contributed by atoms with E-state index >= 15 is 0 Å². The maximum absolute atomic E-state index is 12.4. The molecule has 1 amide bonds. The standard InChI is InChI=1S/C16H18N4O2/c1-17-15-10-18-13(9-19-15)16(21)20-12-6-4-8-22-14-7-3-2-5-11(12)14/h2-3,5,7,9-10,12H,4,6,8H2,1H3,(H,17,19)(H,20,21). The van der Waals surface area contributed by atoms with Gasteiger partial charge in [-0.25, -0.2) is 9.97 Å². The lowest BCUT2D eigenvalue weighted by atomic mass is 10.0. The highest BCUT2D eigenvalue weighted by Crippen LogP contribution is 2.31. The summed E-state index contributed by atoms with van der Waals surface area (Å²) in [7, 11) is 1.76. The molecule has 1 aromatic heterocycles. The number of rotatable bonds is 3. The molecule has 0 saturated carbocycles. The van der Waals surface area contributed by atoms with E-state index in [4.69, 9.17) is 4.74 Å². The van der Waals surface area contributed by atoms with E-state index < -0.39 is 0 Å². The van der Waals surface area contributed by atoms with Crippen molar-refractivity contribution in [2.24, 2.45) is 0 Å². The molecule has 1 aromatic carbocycles. The molecule has 0 aliphatic carbocycles. The number of amides is 1. The van der Waals surface area contributed by atoms with E-state index in [-0.39, 0.29) is 11.9 Å². The molecule has 2 aromatic rings. The summed E-state index contributed by atoms with van der Waals surface area (Å²) in [5, 5.41) is 5.90. The van der Waals surface area contributed by atoms with Gasteiger partial charge in [-0.1, -0.05) is 18.2 Å². The lowest BCUT2D eigenvalue weighted by Gasteiger charge is -2.18. The number of aromatic nitrogens is 2. The second-order valence-corrected chi connectivity index (χ2v) is 5.09. The Kier molecular flexibility index (Phi) is 4.18. The number of fused-ring (bicyclic) bond motifs is 1. The van der Waals surface area contributed by atoms with Gasteiger partial charge in [0.2, 0.25) is 0 Å². The molecule has 22 heavy (non-hydrogen) atoms. The van der Waals surface area contributed by atoms with Crippen molar-refractivity contribution < 1.29 is 9.53 Å². The van der Waals surface area contributed by atoms with Gasteiger partial charge >= 0.3 is 0 Å². The van der Waals surface area contributed by atoms with Gasteiger partial charge in [0.25, 0.3) is 5.91 Å². The van der Waals surface area contributed by atoms with Crippen LogP contribution in [0.5, 0.6) is 5.75 Å². The van der Waals surface area contributed by atoms with E-state index in [2.05, 4.69) is 20.6 Å². The maximum Gasteiger partial charge on any atom is 0.271 e. The number of nitrogens with one attached hydrogen (secondary N) is 2. The number of benzene rings is 1. The van der Waals surface area contributed by atoms with Gasteiger partial charge in [0, 0.05) is 12.6 Å². The number of ether oxygens (including phenoxy) is 1. The minimum Gasteiger partial charge on any atom is -0.493 e. The molecule has 0 saturated heterocycles. The molecule has 0 spiro atoms. The minimum absolute atomic E-state index is 0.0722. The summed E-state index contributed by atoms with van der Waals surface area (Å²) in [6.07, 6.45) is 4.74. The van der Waals surface area contributed by atoms with Crippen molar-refractivity contribution in [2.45, 2.75) is 18.9 Å². The Morgan fingerprint density at radius 3 is 2.91 bits per heavy atom. The molecule has 1 aliphatic heterocycles. The van der Waals surface area contributed by atoms with Crippen LogP contribution in [0.3, 0.4) is 0 Å². The van der Waals surface area contributed by atoms with Gasteiger partial charge in [-0.15, -0.1) is 0 Å². The Balaban J connectivity index is 1.78. The van der Waals surface area contributed by atoms with E-state index in [0.29, 0.717) is 18.1 Å². The summed E-state index contributed by atoms with van der Waals surface area (Å²) in [5.41, 5.74) is 1.31. The highest BCUT2D eigenvalue weighted by Gasteiger charge is 2.22. The van der Waals surface area contributed by atoms with Crippen molar-refractivity contribution in [2.75, 3.05) is 19.0 Å². The first-order chi connectivity index (χ1) is 10.8. The van der Waals surface area contributed by atoms with Crippen LogP contribution in [0.1, 0.15) is 34.9 Å². The van der Waals surface area contributed by atoms with Gasteiger partial charge in [-0.2, -0.15) is 0 Å². The first-order valence-corrected chi connectivity index (χ1v) is 7.30. The Bertz CT molecular complexity index is 657. The summed E-state index contributed by atoms with van der Waals surface area (Å²) in [6.45, 7) is 0.667. The molecule has 0 bridgehead atoms. The number of hydrogen-bond donors (Lipinski definition) is 2. The molecule has 2 heterocycles. The van der Waals surface area contributed by atoms with Crippen molar-refractivity contribution in [1.82, 2.24) is 15.3 Å². The van der Waals surface area contributed by atoms with Crippen LogP contribution in [0.25, 0.3) is 0 Å². The summed E-state index contributed by atoms with van der Waals surface area (Å²) in [5.74, 6) is 1.24. The molecule has 6 heteroatoms. The molecule has 0 fully saturated rings. The molecule has 2 N–H and O–H groups in total. The number of para-hydroxylation sites is 1. The van der Waals surface area contributed by atoms with Crippen LogP contribution in [-0.2, 0) is 0 Å². The second-order valence-electron chi connectivity index (χ2n) is 5.09. The Hall–Kier alpha value is -2.63. The third-order valence-electron chi connectivity index (χ3n) is 3.64. The van der Waals surface area contributed by atoms with Gasteiger partial charge in [0.15, 0.2) is 0 Å². The number of anilines is 1. The first-order valence-electron chi connectivity index (χ1n) is 7.30. The van der Waals surface area contributed by atoms with Crippen molar-refractivity contribution >= 4 is 11.7 Å². The Morgan fingerprint density at radius 2 is 2.14 bits per heavy atom. The van der Waals surface area contributed by atoms with Crippen LogP contribution in [-0.4, -0.2) is 29.5 Å². The summed E-state index contributed by atoms with van der Waals surface area (Å²) < 4.78 is 5.71. The van der Waals surface area contributed by atoms with Crippen molar-refractivity contribution in [3.05, 3.63) is 47.9 Å². The molecule has 1 unspecified atom stereocenters. The van der Waals surface area contributed by atoms with Crippen LogP contribution < -0.4 is 15.4 Å². The smallest absolute Gasteiger partial charge is 0.271 e. The van der Waals surface area contributed by atoms with Gasteiger partial charge < -0.3 is 15.4 Å². The summed E-state index contributed by atoms with van der Waals surface area (Å²) in [6, 6.07) is 7.74. The third kappa shape index (κ3) is 3.00. The monoisotopic (exact) mass is 298 g/mol. The first kappa shape index (κ1) is 14.3. The van der Waals surface area contributed by atoms with Crippen LogP contribution in [0.15, 0.2) is 36.7 Å². The molecule has 0 radical (unpaired) electrons. The average Bonchev–Trinajstić information content (AvgIpc) is 2.77. The largest absolute Gasteiger partial charge is 0.493 e. The number of carbonyl (C=O) groups is 1. The zero-order valence-electron chi connectivity index (χ0n) is 12.4. The van der Waals surface area contributed by atoms with Crippen molar-refractivity contribution in [3.8, 4) is 5.75 Å². The van der Waals surface area contributed by atoms with Gasteiger partial charge in [0.1, 0.15) is 17.3 Å². The number of nitrogens with zero attached hydrogens (tertiary/aromatic N) is 2. The predicted octanol–water partition coefficient (Wildman–Crippen LogP) is 2.16. The SMILES string of the molecule is CNc1cnc(C(=O)NC2CCCOc3ccccc32)cn1. The van der Waals surface area contributed by atoms with Gasteiger partial charge in [0.05, 0.1) is 25.0 Å².